The Hall–Kier alpha value is -0.723. The number of halogens is 1. The lowest BCUT2D eigenvalue weighted by Crippen LogP contribution is -2.40. The van der Waals surface area contributed by atoms with Crippen LogP contribution >= 0.6 is 15.9 Å². The van der Waals surface area contributed by atoms with Gasteiger partial charge in [-0.05, 0) is 30.3 Å². The topological polar surface area (TPSA) is 39.4 Å². The SMILES string of the molecule is CC(C)(C)[Si](C)(C)OCc1nnc2cc(Br)ccn12. The molecule has 0 amide bonds. The van der Waals surface area contributed by atoms with E-state index in [0.717, 1.165) is 15.9 Å². The lowest BCUT2D eigenvalue weighted by Gasteiger charge is -2.35. The molecule has 0 radical (unpaired) electrons. The summed E-state index contributed by atoms with van der Waals surface area (Å²) in [5.41, 5.74) is 0.836. The van der Waals surface area contributed by atoms with Crippen LogP contribution in [0.15, 0.2) is 22.8 Å². The van der Waals surface area contributed by atoms with E-state index in [1.807, 2.05) is 22.7 Å². The van der Waals surface area contributed by atoms with Crippen molar-refractivity contribution in [2.45, 2.75) is 45.5 Å². The molecule has 0 N–H and O–H groups in total. The first kappa shape index (κ1) is 14.7. The average Bonchev–Trinajstić information content (AvgIpc) is 2.67. The molecule has 0 spiro atoms. The molecule has 0 aliphatic heterocycles. The first-order valence-electron chi connectivity index (χ1n) is 6.34. The van der Waals surface area contributed by atoms with E-state index in [0.29, 0.717) is 6.61 Å². The highest BCUT2D eigenvalue weighted by Crippen LogP contribution is 2.36. The predicted molar refractivity (Wildman–Crippen MR) is 82.7 cm³/mol. The van der Waals surface area contributed by atoms with E-state index in [9.17, 15) is 0 Å². The summed E-state index contributed by atoms with van der Waals surface area (Å²) in [6.45, 7) is 11.7. The number of fused-ring (bicyclic) bond motifs is 1. The van der Waals surface area contributed by atoms with Crippen LogP contribution < -0.4 is 0 Å². The van der Waals surface area contributed by atoms with E-state index in [4.69, 9.17) is 4.43 Å². The van der Waals surface area contributed by atoms with Gasteiger partial charge in [-0.1, -0.05) is 36.7 Å². The van der Waals surface area contributed by atoms with Crippen molar-refractivity contribution in [1.29, 1.82) is 0 Å². The molecule has 0 aliphatic rings. The van der Waals surface area contributed by atoms with Crippen molar-refractivity contribution in [1.82, 2.24) is 14.6 Å². The highest BCUT2D eigenvalue weighted by molar-refractivity contribution is 9.10. The molecule has 0 saturated carbocycles. The fourth-order valence-corrected chi connectivity index (χ4v) is 2.72. The summed E-state index contributed by atoms with van der Waals surface area (Å²) in [5, 5.41) is 8.58. The molecule has 2 aromatic heterocycles. The van der Waals surface area contributed by atoms with Crippen LogP contribution in [0.2, 0.25) is 18.1 Å². The minimum absolute atomic E-state index is 0.205. The Morgan fingerprint density at radius 2 is 2.00 bits per heavy atom. The van der Waals surface area contributed by atoms with Gasteiger partial charge in [0, 0.05) is 10.7 Å². The number of hydrogen-bond acceptors (Lipinski definition) is 3. The van der Waals surface area contributed by atoms with Gasteiger partial charge in [-0.25, -0.2) is 0 Å². The second-order valence-corrected chi connectivity index (χ2v) is 12.0. The van der Waals surface area contributed by atoms with Crippen LogP contribution in [0.5, 0.6) is 0 Å². The van der Waals surface area contributed by atoms with Gasteiger partial charge < -0.3 is 4.43 Å². The molecule has 2 rings (SSSR count). The van der Waals surface area contributed by atoms with Gasteiger partial charge >= 0.3 is 0 Å². The summed E-state index contributed by atoms with van der Waals surface area (Å²) in [4.78, 5) is 0. The Balaban J connectivity index is 2.19. The number of pyridine rings is 1. The van der Waals surface area contributed by atoms with Gasteiger partial charge in [0.15, 0.2) is 19.8 Å². The fourth-order valence-electron chi connectivity index (χ4n) is 1.48. The fraction of sp³-hybridized carbons (Fsp3) is 0.538. The molecule has 4 nitrogen and oxygen atoms in total. The predicted octanol–water partition coefficient (Wildman–Crippen LogP) is 4.01. The van der Waals surface area contributed by atoms with Crippen LogP contribution in [0.1, 0.15) is 26.6 Å². The van der Waals surface area contributed by atoms with Crippen molar-refractivity contribution in [3.8, 4) is 0 Å². The first-order chi connectivity index (χ1) is 8.71. The molecule has 6 heteroatoms. The van der Waals surface area contributed by atoms with Crippen LogP contribution in [0, 0.1) is 0 Å². The van der Waals surface area contributed by atoms with Gasteiger partial charge in [-0.2, -0.15) is 0 Å². The maximum absolute atomic E-state index is 6.18. The molecule has 0 aliphatic carbocycles. The Morgan fingerprint density at radius 3 is 2.63 bits per heavy atom. The van der Waals surface area contributed by atoms with E-state index in [1.165, 1.54) is 0 Å². The molecule has 0 bridgehead atoms. The van der Waals surface area contributed by atoms with Crippen molar-refractivity contribution < 1.29 is 4.43 Å². The zero-order valence-electron chi connectivity index (χ0n) is 12.1. The monoisotopic (exact) mass is 341 g/mol. The summed E-state index contributed by atoms with van der Waals surface area (Å²) in [6, 6.07) is 3.93. The summed E-state index contributed by atoms with van der Waals surface area (Å²) in [7, 11) is -1.75. The average molecular weight is 342 g/mol. The van der Waals surface area contributed by atoms with Crippen molar-refractivity contribution >= 4 is 29.9 Å². The minimum Gasteiger partial charge on any atom is -0.409 e. The normalized spacial score (nSPS) is 13.2. The highest BCUT2D eigenvalue weighted by atomic mass is 79.9. The molecular weight excluding hydrogens is 322 g/mol. The van der Waals surface area contributed by atoms with Crippen LogP contribution in [0.3, 0.4) is 0 Å². The minimum atomic E-state index is -1.75. The summed E-state index contributed by atoms with van der Waals surface area (Å²) in [6.07, 6.45) is 1.96. The van der Waals surface area contributed by atoms with Gasteiger partial charge in [0.2, 0.25) is 0 Å². The van der Waals surface area contributed by atoms with Gasteiger partial charge in [-0.15, -0.1) is 10.2 Å². The maximum Gasteiger partial charge on any atom is 0.192 e. The molecule has 0 aromatic carbocycles. The zero-order valence-corrected chi connectivity index (χ0v) is 14.7. The molecule has 0 fully saturated rings. The van der Waals surface area contributed by atoms with Crippen molar-refractivity contribution in [2.24, 2.45) is 0 Å². The van der Waals surface area contributed by atoms with Crippen LogP contribution in [0.4, 0.5) is 0 Å². The molecule has 0 unspecified atom stereocenters. The maximum atomic E-state index is 6.18. The number of hydrogen-bond donors (Lipinski definition) is 0. The van der Waals surface area contributed by atoms with Crippen molar-refractivity contribution in [3.05, 3.63) is 28.6 Å². The smallest absolute Gasteiger partial charge is 0.192 e. The third kappa shape index (κ3) is 3.06. The first-order valence-corrected chi connectivity index (χ1v) is 10.0. The van der Waals surface area contributed by atoms with E-state index >= 15 is 0 Å². The quantitative estimate of drug-likeness (QED) is 0.791. The Bertz CT molecular complexity index is 589. The van der Waals surface area contributed by atoms with Crippen LogP contribution in [-0.2, 0) is 11.0 Å². The Morgan fingerprint density at radius 1 is 1.32 bits per heavy atom. The Labute approximate surface area is 123 Å². The van der Waals surface area contributed by atoms with Crippen LogP contribution in [0.25, 0.3) is 5.65 Å². The van der Waals surface area contributed by atoms with Gasteiger partial charge in [0.05, 0.1) is 6.61 Å². The third-order valence-electron chi connectivity index (χ3n) is 3.81. The van der Waals surface area contributed by atoms with E-state index in [-0.39, 0.29) is 5.04 Å². The van der Waals surface area contributed by atoms with Gasteiger partial charge in [0.1, 0.15) is 0 Å². The van der Waals surface area contributed by atoms with E-state index in [1.54, 1.807) is 0 Å². The van der Waals surface area contributed by atoms with Crippen molar-refractivity contribution in [2.75, 3.05) is 0 Å². The van der Waals surface area contributed by atoms with E-state index < -0.39 is 8.32 Å². The largest absolute Gasteiger partial charge is 0.409 e. The van der Waals surface area contributed by atoms with Gasteiger partial charge in [0.25, 0.3) is 0 Å². The zero-order chi connectivity index (χ0) is 14.3. The number of nitrogens with zero attached hydrogens (tertiary/aromatic N) is 3. The lowest BCUT2D eigenvalue weighted by atomic mass is 10.2. The molecule has 0 atom stereocenters. The molecule has 2 heterocycles. The molecular formula is C13H20BrN3OSi. The second-order valence-electron chi connectivity index (χ2n) is 6.24. The number of aromatic nitrogens is 3. The Kier molecular flexibility index (Phi) is 3.86. The molecule has 104 valence electrons. The number of rotatable bonds is 3. The molecule has 19 heavy (non-hydrogen) atoms. The summed E-state index contributed by atoms with van der Waals surface area (Å²) in [5.74, 6) is 0.854. The summed E-state index contributed by atoms with van der Waals surface area (Å²) >= 11 is 3.43. The second kappa shape index (κ2) is 4.99. The molecule has 0 saturated heterocycles. The van der Waals surface area contributed by atoms with Gasteiger partial charge in [-0.3, -0.25) is 4.40 Å². The van der Waals surface area contributed by atoms with Crippen molar-refractivity contribution in [3.63, 3.8) is 0 Å². The van der Waals surface area contributed by atoms with Crippen LogP contribution in [-0.4, -0.2) is 22.9 Å². The summed E-state index contributed by atoms with van der Waals surface area (Å²) < 4.78 is 9.15. The molecule has 2 aromatic rings. The lowest BCUT2D eigenvalue weighted by molar-refractivity contribution is 0.266. The highest BCUT2D eigenvalue weighted by Gasteiger charge is 2.37. The standard InChI is InChI=1S/C13H20BrN3OSi/c1-13(2,3)19(4,5)18-9-12-16-15-11-8-10(14)6-7-17(11)12/h6-8H,9H2,1-5H3. The van der Waals surface area contributed by atoms with E-state index in [2.05, 4.69) is 60.0 Å². The third-order valence-corrected chi connectivity index (χ3v) is 8.78.